The summed E-state index contributed by atoms with van der Waals surface area (Å²) >= 11 is 0. The van der Waals surface area contributed by atoms with Crippen LogP contribution in [0.4, 0.5) is 17.3 Å². The third-order valence-electron chi connectivity index (χ3n) is 5.15. The first kappa shape index (κ1) is 19.5. The van der Waals surface area contributed by atoms with Crippen LogP contribution in [0.3, 0.4) is 0 Å². The zero-order valence-corrected chi connectivity index (χ0v) is 17.3. The molecule has 6 heteroatoms. The molecule has 2 N–H and O–H groups in total. The topological polar surface area (TPSA) is 77.2 Å². The molecule has 2 aromatic heterocycles. The predicted molar refractivity (Wildman–Crippen MR) is 127 cm³/mol. The standard InChI is InChI=1S/C26H21N5O/c27-24-25(31(23-15-6-7-16-28-23)17-19-9-2-1-3-10-19)29-18-30-26(24)32-22-14-8-12-20-11-4-5-13-21(20)22/h1-16,18H,17,27H2. The van der Waals surface area contributed by atoms with Crippen molar-refractivity contribution < 1.29 is 4.74 Å². The third-order valence-corrected chi connectivity index (χ3v) is 5.15. The number of anilines is 3. The van der Waals surface area contributed by atoms with Crippen molar-refractivity contribution in [1.29, 1.82) is 0 Å². The monoisotopic (exact) mass is 419 g/mol. The van der Waals surface area contributed by atoms with Gasteiger partial charge in [0, 0.05) is 11.6 Å². The van der Waals surface area contributed by atoms with Crippen molar-refractivity contribution in [2.75, 3.05) is 10.6 Å². The second-order valence-electron chi connectivity index (χ2n) is 7.26. The second-order valence-corrected chi connectivity index (χ2v) is 7.26. The minimum atomic E-state index is 0.306. The molecule has 0 aliphatic heterocycles. The lowest BCUT2D eigenvalue weighted by atomic mass is 10.1. The van der Waals surface area contributed by atoms with E-state index in [9.17, 15) is 0 Å². The van der Waals surface area contributed by atoms with Gasteiger partial charge < -0.3 is 15.4 Å². The van der Waals surface area contributed by atoms with E-state index in [1.54, 1.807) is 6.20 Å². The number of fused-ring (bicyclic) bond motifs is 1. The molecule has 5 rings (SSSR count). The minimum Gasteiger partial charge on any atom is -0.436 e. The molecule has 3 aromatic carbocycles. The molecule has 32 heavy (non-hydrogen) atoms. The van der Waals surface area contributed by atoms with Gasteiger partial charge in [-0.15, -0.1) is 0 Å². The Morgan fingerprint density at radius 1 is 0.750 bits per heavy atom. The maximum atomic E-state index is 6.55. The van der Waals surface area contributed by atoms with Crippen molar-refractivity contribution in [1.82, 2.24) is 15.0 Å². The smallest absolute Gasteiger partial charge is 0.248 e. The molecule has 5 aromatic rings. The Bertz CT molecular complexity index is 1340. The first-order chi connectivity index (χ1) is 15.8. The summed E-state index contributed by atoms with van der Waals surface area (Å²) in [7, 11) is 0. The molecule has 0 saturated carbocycles. The van der Waals surface area contributed by atoms with E-state index >= 15 is 0 Å². The molecule has 6 nitrogen and oxygen atoms in total. The third kappa shape index (κ3) is 3.94. The summed E-state index contributed by atoms with van der Waals surface area (Å²) in [6.45, 7) is 0.548. The van der Waals surface area contributed by atoms with E-state index in [0.29, 0.717) is 29.7 Å². The van der Waals surface area contributed by atoms with E-state index in [0.717, 1.165) is 22.2 Å². The Morgan fingerprint density at radius 3 is 2.38 bits per heavy atom. The Hall–Kier alpha value is -4.45. The molecule has 0 bridgehead atoms. The predicted octanol–water partition coefficient (Wildman–Crippen LogP) is 5.74. The Kier molecular flexibility index (Phi) is 5.32. The van der Waals surface area contributed by atoms with E-state index in [2.05, 4.69) is 27.1 Å². The number of nitrogen functional groups attached to an aromatic ring is 1. The van der Waals surface area contributed by atoms with E-state index in [1.807, 2.05) is 83.8 Å². The molecule has 0 amide bonds. The molecule has 156 valence electrons. The lowest BCUT2D eigenvalue weighted by Gasteiger charge is -2.24. The first-order valence-electron chi connectivity index (χ1n) is 10.3. The molecule has 0 fully saturated rings. The van der Waals surface area contributed by atoms with Gasteiger partial charge in [-0.25, -0.2) is 9.97 Å². The molecule has 2 heterocycles. The number of nitrogens with two attached hydrogens (primary N) is 1. The van der Waals surface area contributed by atoms with Gasteiger partial charge in [0.2, 0.25) is 5.88 Å². The summed E-state index contributed by atoms with van der Waals surface area (Å²) < 4.78 is 6.18. The van der Waals surface area contributed by atoms with Crippen LogP contribution in [0.25, 0.3) is 10.8 Å². The fourth-order valence-electron chi connectivity index (χ4n) is 3.60. The first-order valence-corrected chi connectivity index (χ1v) is 10.3. The van der Waals surface area contributed by atoms with E-state index in [-0.39, 0.29) is 0 Å². The number of nitrogens with zero attached hydrogens (tertiary/aromatic N) is 4. The van der Waals surface area contributed by atoms with Crippen LogP contribution >= 0.6 is 0 Å². The van der Waals surface area contributed by atoms with Gasteiger partial charge in [0.05, 0.1) is 6.54 Å². The highest BCUT2D eigenvalue weighted by Crippen LogP contribution is 2.37. The van der Waals surface area contributed by atoms with Gasteiger partial charge in [0.25, 0.3) is 0 Å². The number of hydrogen-bond donors (Lipinski definition) is 1. The van der Waals surface area contributed by atoms with Crippen molar-refractivity contribution >= 4 is 28.1 Å². The van der Waals surface area contributed by atoms with Gasteiger partial charge in [-0.05, 0) is 29.1 Å². The number of benzene rings is 3. The van der Waals surface area contributed by atoms with Crippen LogP contribution in [0.5, 0.6) is 11.6 Å². The van der Waals surface area contributed by atoms with Crippen LogP contribution in [0.1, 0.15) is 5.56 Å². The minimum absolute atomic E-state index is 0.306. The van der Waals surface area contributed by atoms with Gasteiger partial charge in [0.1, 0.15) is 23.6 Å². The molecule has 0 atom stereocenters. The number of rotatable bonds is 6. The summed E-state index contributed by atoms with van der Waals surface area (Å²) in [4.78, 5) is 15.3. The molecule has 0 unspecified atom stereocenters. The fourth-order valence-corrected chi connectivity index (χ4v) is 3.60. The van der Waals surface area contributed by atoms with Crippen molar-refractivity contribution in [2.24, 2.45) is 0 Å². The average Bonchev–Trinajstić information content (AvgIpc) is 2.85. The lowest BCUT2D eigenvalue weighted by molar-refractivity contribution is 0.469. The summed E-state index contributed by atoms with van der Waals surface area (Å²) in [6.07, 6.45) is 3.21. The molecular weight excluding hydrogens is 398 g/mol. The van der Waals surface area contributed by atoms with Crippen molar-refractivity contribution in [3.63, 3.8) is 0 Å². The van der Waals surface area contributed by atoms with Crippen LogP contribution in [-0.4, -0.2) is 15.0 Å². The zero-order valence-electron chi connectivity index (χ0n) is 17.3. The molecule has 0 aliphatic carbocycles. The van der Waals surface area contributed by atoms with Gasteiger partial charge in [0.15, 0.2) is 5.82 Å². The van der Waals surface area contributed by atoms with Crippen LogP contribution in [0.2, 0.25) is 0 Å². The Labute approximate surface area is 186 Å². The maximum absolute atomic E-state index is 6.55. The summed E-state index contributed by atoms with van der Waals surface area (Å²) in [5.41, 5.74) is 8.00. The number of pyridine rings is 1. The molecular formula is C26H21N5O. The molecule has 0 saturated heterocycles. The van der Waals surface area contributed by atoms with Gasteiger partial charge in [-0.1, -0.05) is 72.8 Å². The van der Waals surface area contributed by atoms with Crippen LogP contribution in [0.15, 0.2) is 104 Å². The van der Waals surface area contributed by atoms with E-state index in [1.165, 1.54) is 6.33 Å². The normalized spacial score (nSPS) is 10.8. The Morgan fingerprint density at radius 2 is 1.53 bits per heavy atom. The van der Waals surface area contributed by atoms with Crippen LogP contribution in [0, 0.1) is 0 Å². The highest BCUT2D eigenvalue weighted by Gasteiger charge is 2.20. The number of aromatic nitrogens is 3. The summed E-state index contributed by atoms with van der Waals surface area (Å²) in [5, 5.41) is 2.07. The SMILES string of the molecule is Nc1c(Oc2cccc3ccccc23)ncnc1N(Cc1ccccc1)c1ccccn1. The van der Waals surface area contributed by atoms with E-state index < -0.39 is 0 Å². The fraction of sp³-hybridized carbons (Fsp3) is 0.0385. The van der Waals surface area contributed by atoms with Crippen molar-refractivity contribution in [3.05, 3.63) is 109 Å². The van der Waals surface area contributed by atoms with Gasteiger partial charge in [-0.3, -0.25) is 0 Å². The molecule has 0 radical (unpaired) electrons. The summed E-state index contributed by atoms with van der Waals surface area (Å²) in [5.74, 6) is 2.27. The second kappa shape index (κ2) is 8.73. The lowest BCUT2D eigenvalue weighted by Crippen LogP contribution is -2.20. The molecule has 0 spiro atoms. The highest BCUT2D eigenvalue weighted by atomic mass is 16.5. The van der Waals surface area contributed by atoms with Crippen molar-refractivity contribution in [2.45, 2.75) is 6.54 Å². The Balaban J connectivity index is 1.55. The van der Waals surface area contributed by atoms with Gasteiger partial charge in [-0.2, -0.15) is 4.98 Å². The highest BCUT2D eigenvalue weighted by molar-refractivity contribution is 5.88. The van der Waals surface area contributed by atoms with E-state index in [4.69, 9.17) is 10.5 Å². The number of hydrogen-bond acceptors (Lipinski definition) is 6. The average molecular weight is 419 g/mol. The zero-order chi connectivity index (χ0) is 21.8. The quantitative estimate of drug-likeness (QED) is 0.378. The molecule has 0 aliphatic rings. The van der Waals surface area contributed by atoms with Crippen molar-refractivity contribution in [3.8, 4) is 11.6 Å². The summed E-state index contributed by atoms with van der Waals surface area (Å²) in [6, 6.07) is 29.8. The van der Waals surface area contributed by atoms with Crippen LogP contribution in [-0.2, 0) is 6.54 Å². The van der Waals surface area contributed by atoms with Crippen LogP contribution < -0.4 is 15.4 Å². The maximum Gasteiger partial charge on any atom is 0.248 e. The van der Waals surface area contributed by atoms with Gasteiger partial charge >= 0.3 is 0 Å². The largest absolute Gasteiger partial charge is 0.436 e. The number of ether oxygens (including phenoxy) is 1.